The minimum Gasteiger partial charge on any atom is -0.277 e. The molecule has 0 bridgehead atoms. The summed E-state index contributed by atoms with van der Waals surface area (Å²) >= 11 is 6.14. The number of allylic oxidation sites excluding steroid dienone is 3. The Morgan fingerprint density at radius 3 is 2.65 bits per heavy atom. The maximum atomic E-state index is 6.14. The van der Waals surface area contributed by atoms with Crippen molar-refractivity contribution < 1.29 is 0 Å². The molecule has 1 heterocycles. The summed E-state index contributed by atoms with van der Waals surface area (Å²) in [6, 6.07) is 9.77. The van der Waals surface area contributed by atoms with Gasteiger partial charge in [0.1, 0.15) is 6.34 Å². The lowest BCUT2D eigenvalue weighted by Crippen LogP contribution is -2.25. The highest BCUT2D eigenvalue weighted by Gasteiger charge is 2.08. The number of benzene rings is 1. The fraction of sp³-hybridized carbons (Fsp3) is 0.200. The molecule has 0 radical (unpaired) electrons. The maximum Gasteiger partial charge on any atom is 0.261 e. The van der Waals surface area contributed by atoms with Gasteiger partial charge in [-0.15, -0.1) is 0 Å². The van der Waals surface area contributed by atoms with Gasteiger partial charge >= 0.3 is 0 Å². The largest absolute Gasteiger partial charge is 0.277 e. The molecule has 120 valence electrons. The van der Waals surface area contributed by atoms with Crippen LogP contribution in [0.3, 0.4) is 0 Å². The minimum absolute atomic E-state index is 0.443. The zero-order valence-electron chi connectivity index (χ0n) is 13.2. The number of aromatic nitrogens is 4. The molecule has 0 aliphatic carbocycles. The van der Waals surface area contributed by atoms with Gasteiger partial charge in [-0.1, -0.05) is 53.6 Å². The molecule has 1 N–H and O–H groups in total. The second kappa shape index (κ2) is 7.55. The van der Waals surface area contributed by atoms with Gasteiger partial charge in [-0.25, -0.2) is 9.67 Å². The summed E-state index contributed by atoms with van der Waals surface area (Å²) in [4.78, 5) is 4.43. The molecule has 0 amide bonds. The quantitative estimate of drug-likeness (QED) is 0.381. The van der Waals surface area contributed by atoms with Gasteiger partial charge in [0.15, 0.2) is 0 Å². The van der Waals surface area contributed by atoms with Crippen LogP contribution in [0.25, 0.3) is 5.57 Å². The average Bonchev–Trinajstić information content (AvgIpc) is 2.91. The first-order valence-corrected chi connectivity index (χ1v) is 7.24. The molecular formula is C15H18ClN7. The van der Waals surface area contributed by atoms with Crippen molar-refractivity contribution in [3.63, 3.8) is 0 Å². The number of tetrazole rings is 1. The number of aryl methyl sites for hydroxylation is 1. The van der Waals surface area contributed by atoms with E-state index in [0.29, 0.717) is 11.0 Å². The van der Waals surface area contributed by atoms with Gasteiger partial charge in [-0.3, -0.25) is 10.4 Å². The van der Waals surface area contributed by atoms with Gasteiger partial charge < -0.3 is 0 Å². The average molecular weight is 332 g/mol. The third-order valence-electron chi connectivity index (χ3n) is 3.02. The smallest absolute Gasteiger partial charge is 0.261 e. The Kier molecular flexibility index (Phi) is 5.48. The minimum atomic E-state index is 0.443. The van der Waals surface area contributed by atoms with E-state index < -0.39 is 0 Å². The van der Waals surface area contributed by atoms with Crippen LogP contribution in [0, 0.1) is 0 Å². The van der Waals surface area contributed by atoms with Crippen LogP contribution >= 0.6 is 11.6 Å². The fourth-order valence-corrected chi connectivity index (χ4v) is 2.16. The first-order chi connectivity index (χ1) is 11.0. The molecule has 0 unspecified atom stereocenters. The SMILES string of the molecule is C=C(Cl)/C(=C(C)/N=C\N(C)Nc1nnnn1C)c1ccccc1. The van der Waals surface area contributed by atoms with Crippen LogP contribution in [-0.4, -0.2) is 38.6 Å². The van der Waals surface area contributed by atoms with Crippen LogP contribution < -0.4 is 5.43 Å². The van der Waals surface area contributed by atoms with Crippen molar-refractivity contribution >= 4 is 29.5 Å². The molecule has 1 aromatic heterocycles. The highest BCUT2D eigenvalue weighted by molar-refractivity contribution is 6.36. The molecule has 0 saturated heterocycles. The lowest BCUT2D eigenvalue weighted by molar-refractivity contribution is 0.600. The lowest BCUT2D eigenvalue weighted by atomic mass is 10.0. The van der Waals surface area contributed by atoms with Gasteiger partial charge in [-0.05, 0) is 22.9 Å². The molecular weight excluding hydrogens is 314 g/mol. The van der Waals surface area contributed by atoms with Crippen molar-refractivity contribution in [3.8, 4) is 0 Å². The summed E-state index contributed by atoms with van der Waals surface area (Å²) in [7, 11) is 3.53. The van der Waals surface area contributed by atoms with Crippen molar-refractivity contribution in [2.75, 3.05) is 12.5 Å². The van der Waals surface area contributed by atoms with Gasteiger partial charge in [0.25, 0.3) is 5.95 Å². The van der Waals surface area contributed by atoms with Gasteiger partial charge in [0.2, 0.25) is 0 Å². The third-order valence-corrected chi connectivity index (χ3v) is 3.21. The third kappa shape index (κ3) is 4.40. The van der Waals surface area contributed by atoms with E-state index in [1.165, 1.54) is 4.68 Å². The summed E-state index contributed by atoms with van der Waals surface area (Å²) in [6.45, 7) is 5.71. The van der Waals surface area contributed by atoms with Crippen molar-refractivity contribution in [2.45, 2.75) is 6.92 Å². The second-order valence-electron chi connectivity index (χ2n) is 4.82. The summed E-state index contributed by atoms with van der Waals surface area (Å²) in [6.07, 6.45) is 1.62. The Labute approximate surface area is 139 Å². The molecule has 0 spiro atoms. The van der Waals surface area contributed by atoms with Crippen LogP contribution in [0.2, 0.25) is 0 Å². The van der Waals surface area contributed by atoms with E-state index in [0.717, 1.165) is 16.8 Å². The van der Waals surface area contributed by atoms with E-state index in [1.807, 2.05) is 37.3 Å². The molecule has 0 aliphatic rings. The Balaban J connectivity index is 2.18. The molecule has 2 aromatic rings. The predicted molar refractivity (Wildman–Crippen MR) is 92.7 cm³/mol. The Hall–Kier alpha value is -2.67. The number of anilines is 1. The zero-order valence-corrected chi connectivity index (χ0v) is 14.0. The van der Waals surface area contributed by atoms with Gasteiger partial charge in [0, 0.05) is 30.4 Å². The maximum absolute atomic E-state index is 6.14. The standard InChI is InChI=1S/C15H18ClN7/c1-11(16)14(13-8-6-5-7-9-13)12(2)17-10-22(3)19-15-18-20-21-23(15)4/h5-10H,1H2,2-4H3,(H,18,19,21)/b14-12-,17-10-. The van der Waals surface area contributed by atoms with E-state index in [1.54, 1.807) is 25.4 Å². The topological polar surface area (TPSA) is 71.2 Å². The molecule has 0 aliphatic heterocycles. The van der Waals surface area contributed by atoms with Crippen molar-refractivity contribution in [1.29, 1.82) is 0 Å². The highest BCUT2D eigenvalue weighted by atomic mass is 35.5. The van der Waals surface area contributed by atoms with Gasteiger partial charge in [-0.2, -0.15) is 0 Å². The molecule has 0 fully saturated rings. The van der Waals surface area contributed by atoms with E-state index in [4.69, 9.17) is 11.6 Å². The Morgan fingerprint density at radius 1 is 1.39 bits per heavy atom. The first-order valence-electron chi connectivity index (χ1n) is 6.86. The molecule has 0 saturated carbocycles. The number of aliphatic imine (C=N–C) groups is 1. The zero-order chi connectivity index (χ0) is 16.8. The molecule has 7 nitrogen and oxygen atoms in total. The fourth-order valence-electron chi connectivity index (χ4n) is 1.92. The van der Waals surface area contributed by atoms with Crippen LogP contribution in [0.15, 0.2) is 52.6 Å². The molecule has 23 heavy (non-hydrogen) atoms. The van der Waals surface area contributed by atoms with E-state index in [-0.39, 0.29) is 0 Å². The van der Waals surface area contributed by atoms with Crippen molar-refractivity contribution in [3.05, 3.63) is 53.2 Å². The number of nitrogens with zero attached hydrogens (tertiary/aromatic N) is 6. The molecule has 1 aromatic carbocycles. The van der Waals surface area contributed by atoms with E-state index in [9.17, 15) is 0 Å². The normalized spacial score (nSPS) is 12.2. The van der Waals surface area contributed by atoms with Crippen LogP contribution in [-0.2, 0) is 7.05 Å². The van der Waals surface area contributed by atoms with Crippen LogP contribution in [0.5, 0.6) is 0 Å². The van der Waals surface area contributed by atoms with Crippen molar-refractivity contribution in [2.24, 2.45) is 12.0 Å². The number of halogens is 1. The predicted octanol–water partition coefficient (Wildman–Crippen LogP) is 2.68. The number of hydrogen-bond donors (Lipinski definition) is 1. The molecule has 0 atom stereocenters. The van der Waals surface area contributed by atoms with Crippen molar-refractivity contribution in [1.82, 2.24) is 25.2 Å². The highest BCUT2D eigenvalue weighted by Crippen LogP contribution is 2.28. The Morgan fingerprint density at radius 2 is 2.09 bits per heavy atom. The number of rotatable bonds is 6. The second-order valence-corrected chi connectivity index (χ2v) is 5.28. The van der Waals surface area contributed by atoms with Crippen LogP contribution in [0.1, 0.15) is 12.5 Å². The number of hydrazine groups is 1. The Bertz CT molecular complexity index is 733. The van der Waals surface area contributed by atoms with Crippen LogP contribution in [0.4, 0.5) is 5.95 Å². The molecule has 8 heteroatoms. The number of nitrogens with one attached hydrogen (secondary N) is 1. The summed E-state index contributed by atoms with van der Waals surface area (Å²) in [5, 5.41) is 13.2. The number of hydrogen-bond acceptors (Lipinski definition) is 5. The lowest BCUT2D eigenvalue weighted by Gasteiger charge is -2.14. The monoisotopic (exact) mass is 331 g/mol. The summed E-state index contributed by atoms with van der Waals surface area (Å²) in [5.41, 5.74) is 5.51. The van der Waals surface area contributed by atoms with E-state index in [2.05, 4.69) is 32.5 Å². The first kappa shape index (κ1) is 16.7. The van der Waals surface area contributed by atoms with E-state index >= 15 is 0 Å². The van der Waals surface area contributed by atoms with Gasteiger partial charge in [0.05, 0.1) is 0 Å². The summed E-state index contributed by atoms with van der Waals surface area (Å²) < 4.78 is 1.52. The molecule has 2 rings (SSSR count). The summed E-state index contributed by atoms with van der Waals surface area (Å²) in [5.74, 6) is 0.505.